The number of anilines is 1. The van der Waals surface area contributed by atoms with Crippen molar-refractivity contribution >= 4 is 34.4 Å². The van der Waals surface area contributed by atoms with Crippen molar-refractivity contribution in [3.05, 3.63) is 53.7 Å². The maximum Gasteiger partial charge on any atom is 0.410 e. The number of ether oxygens (including phenoxy) is 4. The number of hydrogen-bond acceptors (Lipinski definition) is 9. The van der Waals surface area contributed by atoms with Crippen LogP contribution in [0.25, 0.3) is 10.9 Å². The molecule has 2 saturated heterocycles. The van der Waals surface area contributed by atoms with Crippen LogP contribution in [0.5, 0.6) is 17.2 Å². The number of ketones is 1. The number of aromatic nitrogens is 1. The van der Waals surface area contributed by atoms with Crippen LogP contribution in [-0.2, 0) is 4.74 Å². The zero-order chi connectivity index (χ0) is 31.9. The summed E-state index contributed by atoms with van der Waals surface area (Å²) in [4.78, 5) is 49.8. The molecule has 2 fully saturated rings. The summed E-state index contributed by atoms with van der Waals surface area (Å²) in [5.41, 5.74) is 1.17. The van der Waals surface area contributed by atoms with Gasteiger partial charge in [-0.25, -0.2) is 9.78 Å². The molecule has 0 atom stereocenters. The average Bonchev–Trinajstić information content (AvgIpc) is 3.03. The molecule has 0 bridgehead atoms. The van der Waals surface area contributed by atoms with Gasteiger partial charge in [0.25, 0.3) is 5.91 Å². The van der Waals surface area contributed by atoms with Crippen LogP contribution in [0.4, 0.5) is 10.5 Å². The van der Waals surface area contributed by atoms with E-state index in [2.05, 4.69) is 9.88 Å². The van der Waals surface area contributed by atoms with E-state index in [0.717, 1.165) is 11.1 Å². The van der Waals surface area contributed by atoms with Crippen molar-refractivity contribution in [2.75, 3.05) is 58.4 Å². The smallest absolute Gasteiger partial charge is 0.410 e. The van der Waals surface area contributed by atoms with Gasteiger partial charge in [-0.1, -0.05) is 6.07 Å². The summed E-state index contributed by atoms with van der Waals surface area (Å²) < 4.78 is 23.1. The van der Waals surface area contributed by atoms with E-state index in [1.54, 1.807) is 36.2 Å². The second-order valence-corrected chi connectivity index (χ2v) is 12.9. The number of para-hydroxylation sites is 1. The lowest BCUT2D eigenvalue weighted by Crippen LogP contribution is -2.52. The van der Waals surface area contributed by atoms with Crippen LogP contribution in [0.2, 0.25) is 0 Å². The van der Waals surface area contributed by atoms with Crippen LogP contribution in [-0.4, -0.2) is 97.3 Å². The highest BCUT2D eigenvalue weighted by atomic mass is 16.6. The zero-order valence-electron chi connectivity index (χ0n) is 26.6. The number of carbonyl (C=O) groups is 3. The van der Waals surface area contributed by atoms with E-state index < -0.39 is 11.2 Å². The minimum Gasteiger partial charge on any atom is -0.496 e. The summed E-state index contributed by atoms with van der Waals surface area (Å²) in [7, 11) is 3.14. The molecule has 11 nitrogen and oxygen atoms in total. The average molecular weight is 617 g/mol. The number of likely N-dealkylation sites (tertiary alicyclic amines) is 1. The first-order valence-corrected chi connectivity index (χ1v) is 15.4. The molecule has 0 saturated carbocycles. The van der Waals surface area contributed by atoms with Crippen LogP contribution >= 0.6 is 0 Å². The monoisotopic (exact) mass is 616 g/mol. The first-order chi connectivity index (χ1) is 21.5. The number of Topliss-reactive ketones (excluding diaryl/α,β-unsaturated/α-hetero) is 1. The summed E-state index contributed by atoms with van der Waals surface area (Å²) in [6.07, 6.45) is 1.03. The Bertz CT molecular complexity index is 1630. The summed E-state index contributed by atoms with van der Waals surface area (Å²) in [6.45, 7) is 8.84. The second kappa shape index (κ2) is 11.8. The van der Waals surface area contributed by atoms with Gasteiger partial charge in [0.1, 0.15) is 39.7 Å². The maximum atomic E-state index is 13.6. The predicted octanol–water partition coefficient (Wildman–Crippen LogP) is 4.95. The Hall–Kier alpha value is -4.54. The van der Waals surface area contributed by atoms with Gasteiger partial charge in [0.2, 0.25) is 0 Å². The van der Waals surface area contributed by atoms with Gasteiger partial charge in [-0.3, -0.25) is 9.59 Å². The third-order valence-corrected chi connectivity index (χ3v) is 8.75. The molecular formula is C34H40N4O7. The summed E-state index contributed by atoms with van der Waals surface area (Å²) in [5.74, 6) is 1.54. The molecule has 0 unspecified atom stereocenters. The molecule has 0 aliphatic carbocycles. The van der Waals surface area contributed by atoms with Crippen LogP contribution in [0.3, 0.4) is 0 Å². The molecule has 238 valence electrons. The lowest BCUT2D eigenvalue weighted by atomic mass is 9.82. The van der Waals surface area contributed by atoms with Gasteiger partial charge in [0.05, 0.1) is 26.2 Å². The number of methoxy groups -OCH3 is 2. The molecule has 1 spiro atoms. The molecule has 3 aliphatic rings. The highest BCUT2D eigenvalue weighted by Crippen LogP contribution is 2.41. The Morgan fingerprint density at radius 1 is 0.889 bits per heavy atom. The Morgan fingerprint density at radius 2 is 1.60 bits per heavy atom. The van der Waals surface area contributed by atoms with E-state index in [1.807, 2.05) is 51.1 Å². The Kier molecular flexibility index (Phi) is 7.96. The Balaban J connectivity index is 1.11. The van der Waals surface area contributed by atoms with Gasteiger partial charge in [-0.15, -0.1) is 0 Å². The topological polar surface area (TPSA) is 111 Å². The van der Waals surface area contributed by atoms with E-state index in [9.17, 15) is 14.4 Å². The SMILES string of the molecule is COc1cc(C(=O)N2CCC3(CC2)CC(=O)c2cc(N4CCN(C(=O)OC(C)(C)C)CC4)ccc2O3)nc2c(OC)cccc12. The van der Waals surface area contributed by atoms with Gasteiger partial charge in [0.15, 0.2) is 5.78 Å². The number of pyridine rings is 1. The van der Waals surface area contributed by atoms with Gasteiger partial charge in [-0.05, 0) is 51.1 Å². The molecule has 3 aromatic rings. The molecule has 3 aliphatic heterocycles. The van der Waals surface area contributed by atoms with Crippen molar-refractivity contribution < 1.29 is 33.3 Å². The molecule has 2 amide bonds. The number of fused-ring (bicyclic) bond motifs is 2. The van der Waals surface area contributed by atoms with Crippen molar-refractivity contribution in [1.29, 1.82) is 0 Å². The Labute approximate surface area is 263 Å². The molecule has 2 aromatic carbocycles. The minimum absolute atomic E-state index is 0.0401. The lowest BCUT2D eigenvalue weighted by Gasteiger charge is -2.44. The predicted molar refractivity (Wildman–Crippen MR) is 169 cm³/mol. The van der Waals surface area contributed by atoms with Crippen molar-refractivity contribution in [1.82, 2.24) is 14.8 Å². The number of piperazine rings is 1. The summed E-state index contributed by atoms with van der Waals surface area (Å²) in [6, 6.07) is 13.0. The fourth-order valence-electron chi connectivity index (χ4n) is 6.34. The van der Waals surface area contributed by atoms with Crippen LogP contribution in [0, 0.1) is 0 Å². The molecule has 11 heteroatoms. The largest absolute Gasteiger partial charge is 0.496 e. The highest BCUT2D eigenvalue weighted by molar-refractivity contribution is 6.01. The first-order valence-electron chi connectivity index (χ1n) is 15.4. The standard InChI is InChI=1S/C34H40N4O7/c1-33(2,3)45-32(41)38-17-15-36(16-18-38)22-9-10-27-24(19-22)26(39)21-34(44-27)11-13-37(14-12-34)31(40)25-20-29(43-5)23-7-6-8-28(42-4)30(23)35-25/h6-10,19-20H,11-18,21H2,1-5H3. The van der Waals surface area contributed by atoms with Crippen molar-refractivity contribution in [2.45, 2.75) is 51.2 Å². The lowest BCUT2D eigenvalue weighted by molar-refractivity contribution is -0.00586. The van der Waals surface area contributed by atoms with Gasteiger partial charge < -0.3 is 33.6 Å². The van der Waals surface area contributed by atoms with E-state index >= 15 is 0 Å². The van der Waals surface area contributed by atoms with Gasteiger partial charge in [0, 0.05) is 69.3 Å². The quantitative estimate of drug-likeness (QED) is 0.402. The Morgan fingerprint density at radius 3 is 2.27 bits per heavy atom. The van der Waals surface area contributed by atoms with E-state index in [4.69, 9.17) is 18.9 Å². The third-order valence-electron chi connectivity index (χ3n) is 8.75. The molecule has 0 radical (unpaired) electrons. The number of piperidine rings is 1. The molecule has 0 N–H and O–H groups in total. The van der Waals surface area contributed by atoms with Crippen molar-refractivity contribution in [3.8, 4) is 17.2 Å². The maximum absolute atomic E-state index is 13.6. The number of hydrogen-bond donors (Lipinski definition) is 0. The first kappa shape index (κ1) is 30.5. The van der Waals surface area contributed by atoms with E-state index in [-0.39, 0.29) is 29.9 Å². The molecule has 1 aromatic heterocycles. The summed E-state index contributed by atoms with van der Waals surface area (Å²) in [5, 5.41) is 0.769. The van der Waals surface area contributed by atoms with Crippen molar-refractivity contribution in [3.63, 3.8) is 0 Å². The van der Waals surface area contributed by atoms with E-state index in [0.29, 0.717) is 80.4 Å². The second-order valence-electron chi connectivity index (χ2n) is 12.9. The number of rotatable bonds is 4. The zero-order valence-corrected chi connectivity index (χ0v) is 26.6. The molecule has 4 heterocycles. The number of amides is 2. The van der Waals surface area contributed by atoms with Crippen LogP contribution in [0.15, 0.2) is 42.5 Å². The highest BCUT2D eigenvalue weighted by Gasteiger charge is 2.44. The van der Waals surface area contributed by atoms with Gasteiger partial charge >= 0.3 is 6.09 Å². The summed E-state index contributed by atoms with van der Waals surface area (Å²) >= 11 is 0. The number of benzene rings is 2. The fraction of sp³-hybridized carbons (Fsp3) is 0.471. The van der Waals surface area contributed by atoms with Crippen LogP contribution in [0.1, 0.15) is 60.9 Å². The normalized spacial score (nSPS) is 18.0. The molecule has 45 heavy (non-hydrogen) atoms. The van der Waals surface area contributed by atoms with Crippen LogP contribution < -0.4 is 19.1 Å². The molecular weight excluding hydrogens is 576 g/mol. The molecule has 6 rings (SSSR count). The number of nitrogens with zero attached hydrogens (tertiary/aromatic N) is 4. The fourth-order valence-corrected chi connectivity index (χ4v) is 6.34. The minimum atomic E-state index is -0.654. The number of carbonyl (C=O) groups excluding carboxylic acids is 3. The third kappa shape index (κ3) is 6.08. The van der Waals surface area contributed by atoms with E-state index in [1.165, 1.54) is 0 Å². The van der Waals surface area contributed by atoms with Crippen molar-refractivity contribution in [2.24, 2.45) is 0 Å². The van der Waals surface area contributed by atoms with Gasteiger partial charge in [-0.2, -0.15) is 0 Å².